The van der Waals surface area contributed by atoms with Crippen LogP contribution in [0, 0.1) is 0 Å². The van der Waals surface area contributed by atoms with Gasteiger partial charge in [0.05, 0.1) is 6.10 Å². The van der Waals surface area contributed by atoms with Crippen molar-refractivity contribution in [1.29, 1.82) is 0 Å². The molecule has 0 aromatic heterocycles. The van der Waals surface area contributed by atoms with Crippen molar-refractivity contribution in [3.05, 3.63) is 29.3 Å². The molecule has 20 heavy (non-hydrogen) atoms. The summed E-state index contributed by atoms with van der Waals surface area (Å²) < 4.78 is 15.5. The third-order valence-corrected chi connectivity index (χ3v) is 2.65. The van der Waals surface area contributed by atoms with Gasteiger partial charge in [-0.2, -0.15) is 0 Å². The molecule has 0 aliphatic carbocycles. The number of carbonyl (C=O) groups excluding carboxylic acids is 2. The average Bonchev–Trinajstić information content (AvgIpc) is 2.81. The van der Waals surface area contributed by atoms with Gasteiger partial charge in [-0.3, -0.25) is 4.79 Å². The summed E-state index contributed by atoms with van der Waals surface area (Å²) >= 11 is 0. The van der Waals surface area contributed by atoms with Crippen molar-refractivity contribution in [2.45, 2.75) is 26.9 Å². The van der Waals surface area contributed by atoms with Gasteiger partial charge in [0, 0.05) is 0 Å². The molecule has 0 N–H and O–H groups in total. The Bertz CT molecular complexity index is 572. The lowest BCUT2D eigenvalue weighted by atomic mass is 10.1. The second-order valence-corrected chi connectivity index (χ2v) is 4.68. The molecule has 0 unspecified atom stereocenters. The van der Waals surface area contributed by atoms with Crippen LogP contribution in [0.2, 0.25) is 0 Å². The average molecular weight is 276 g/mol. The van der Waals surface area contributed by atoms with Crippen LogP contribution in [-0.4, -0.2) is 24.6 Å². The standard InChI is InChI=1S/C15H16O5/c1-9(2)20-15(17)12(10(3)16)6-11-4-5-13-14(7-11)19-8-18-13/h4-7,9H,8H2,1-3H3/b12-6+. The molecule has 0 saturated heterocycles. The monoisotopic (exact) mass is 276 g/mol. The highest BCUT2D eigenvalue weighted by Crippen LogP contribution is 2.33. The maximum Gasteiger partial charge on any atom is 0.342 e. The van der Waals surface area contributed by atoms with Crippen LogP contribution in [0.15, 0.2) is 23.8 Å². The second-order valence-electron chi connectivity index (χ2n) is 4.68. The molecule has 0 spiro atoms. The molecule has 0 saturated carbocycles. The highest BCUT2D eigenvalue weighted by molar-refractivity contribution is 6.19. The first kappa shape index (κ1) is 14.1. The molecule has 0 amide bonds. The van der Waals surface area contributed by atoms with Crippen molar-refractivity contribution in [2.24, 2.45) is 0 Å². The molecule has 2 rings (SSSR count). The lowest BCUT2D eigenvalue weighted by Gasteiger charge is -2.09. The smallest absolute Gasteiger partial charge is 0.342 e. The minimum atomic E-state index is -0.620. The molecular formula is C15H16O5. The van der Waals surface area contributed by atoms with Gasteiger partial charge in [0.2, 0.25) is 6.79 Å². The van der Waals surface area contributed by atoms with Gasteiger partial charge in [0.15, 0.2) is 17.3 Å². The SMILES string of the molecule is CC(=O)/C(=C\c1ccc2c(c1)OCO2)C(=O)OC(C)C. The molecule has 1 aromatic rings. The topological polar surface area (TPSA) is 61.8 Å². The Morgan fingerprint density at radius 2 is 1.95 bits per heavy atom. The maximum atomic E-state index is 11.9. The summed E-state index contributed by atoms with van der Waals surface area (Å²) in [6.07, 6.45) is 1.22. The Balaban J connectivity index is 2.29. The first-order valence-electron chi connectivity index (χ1n) is 6.30. The Kier molecular flexibility index (Phi) is 4.08. The fourth-order valence-corrected chi connectivity index (χ4v) is 1.75. The van der Waals surface area contributed by atoms with Gasteiger partial charge in [-0.05, 0) is 44.5 Å². The summed E-state index contributed by atoms with van der Waals surface area (Å²) in [5, 5.41) is 0. The molecule has 0 fully saturated rings. The molecule has 0 atom stereocenters. The number of Topliss-reactive ketones (excluding diaryl/α,β-unsaturated/α-hetero) is 1. The van der Waals surface area contributed by atoms with Gasteiger partial charge < -0.3 is 14.2 Å². The minimum absolute atomic E-state index is 0.0116. The fourth-order valence-electron chi connectivity index (χ4n) is 1.75. The first-order valence-corrected chi connectivity index (χ1v) is 6.30. The Morgan fingerprint density at radius 3 is 2.60 bits per heavy atom. The van der Waals surface area contributed by atoms with Gasteiger partial charge >= 0.3 is 5.97 Å². The molecule has 5 nitrogen and oxygen atoms in total. The zero-order valence-electron chi connectivity index (χ0n) is 11.6. The van der Waals surface area contributed by atoms with E-state index in [1.165, 1.54) is 13.0 Å². The van der Waals surface area contributed by atoms with E-state index in [4.69, 9.17) is 14.2 Å². The number of rotatable bonds is 4. The Hall–Kier alpha value is -2.30. The minimum Gasteiger partial charge on any atom is -0.459 e. The summed E-state index contributed by atoms with van der Waals surface area (Å²) in [4.78, 5) is 23.4. The van der Waals surface area contributed by atoms with E-state index in [1.54, 1.807) is 32.0 Å². The summed E-state index contributed by atoms with van der Waals surface area (Å²) in [6.45, 7) is 4.98. The van der Waals surface area contributed by atoms with Gasteiger partial charge in [-0.15, -0.1) is 0 Å². The highest BCUT2D eigenvalue weighted by atomic mass is 16.7. The number of carbonyl (C=O) groups is 2. The first-order chi connectivity index (χ1) is 9.47. The van der Waals surface area contributed by atoms with Crippen molar-refractivity contribution in [1.82, 2.24) is 0 Å². The number of fused-ring (bicyclic) bond motifs is 1. The van der Waals surface area contributed by atoms with E-state index in [2.05, 4.69) is 0 Å². The predicted molar refractivity (Wildman–Crippen MR) is 72.5 cm³/mol. The summed E-state index contributed by atoms with van der Waals surface area (Å²) in [5.74, 6) is 0.286. The van der Waals surface area contributed by atoms with E-state index in [1.807, 2.05) is 0 Å². The number of ketones is 1. The van der Waals surface area contributed by atoms with Crippen molar-refractivity contribution >= 4 is 17.8 Å². The van der Waals surface area contributed by atoms with Crippen molar-refractivity contribution in [3.8, 4) is 11.5 Å². The lowest BCUT2D eigenvalue weighted by molar-refractivity contribution is -0.143. The van der Waals surface area contributed by atoms with Crippen molar-refractivity contribution in [2.75, 3.05) is 6.79 Å². The summed E-state index contributed by atoms with van der Waals surface area (Å²) in [7, 11) is 0. The number of hydrogen-bond donors (Lipinski definition) is 0. The van der Waals surface area contributed by atoms with Gasteiger partial charge in [-0.25, -0.2) is 4.79 Å². The summed E-state index contributed by atoms with van der Waals surface area (Å²) in [6, 6.07) is 5.20. The quantitative estimate of drug-likeness (QED) is 0.365. The van der Waals surface area contributed by atoms with Crippen LogP contribution in [0.4, 0.5) is 0 Å². The Labute approximate surface area is 117 Å². The molecule has 0 radical (unpaired) electrons. The van der Waals surface area contributed by atoms with E-state index in [-0.39, 0.29) is 24.3 Å². The van der Waals surface area contributed by atoms with Crippen molar-refractivity contribution < 1.29 is 23.8 Å². The normalized spacial score (nSPS) is 13.5. The zero-order chi connectivity index (χ0) is 14.7. The van der Waals surface area contributed by atoms with Gasteiger partial charge in [0.1, 0.15) is 5.57 Å². The largest absolute Gasteiger partial charge is 0.459 e. The van der Waals surface area contributed by atoms with Crippen LogP contribution in [0.3, 0.4) is 0 Å². The van der Waals surface area contributed by atoms with Crippen LogP contribution in [-0.2, 0) is 14.3 Å². The van der Waals surface area contributed by atoms with Crippen LogP contribution in [0.1, 0.15) is 26.3 Å². The van der Waals surface area contributed by atoms with Gasteiger partial charge in [0.25, 0.3) is 0 Å². The molecule has 1 aliphatic heterocycles. The van der Waals surface area contributed by atoms with E-state index in [0.717, 1.165) is 0 Å². The third kappa shape index (κ3) is 3.17. The van der Waals surface area contributed by atoms with E-state index in [0.29, 0.717) is 17.1 Å². The molecule has 5 heteroatoms. The van der Waals surface area contributed by atoms with E-state index < -0.39 is 5.97 Å². The van der Waals surface area contributed by atoms with E-state index in [9.17, 15) is 9.59 Å². The number of ether oxygens (including phenoxy) is 3. The Morgan fingerprint density at radius 1 is 1.25 bits per heavy atom. The van der Waals surface area contributed by atoms with Crippen molar-refractivity contribution in [3.63, 3.8) is 0 Å². The molecule has 1 aromatic carbocycles. The third-order valence-electron chi connectivity index (χ3n) is 2.65. The van der Waals surface area contributed by atoms with Crippen LogP contribution < -0.4 is 9.47 Å². The number of benzene rings is 1. The molecule has 0 bridgehead atoms. The molecule has 1 heterocycles. The van der Waals surface area contributed by atoms with Gasteiger partial charge in [-0.1, -0.05) is 6.07 Å². The fraction of sp³-hybridized carbons (Fsp3) is 0.333. The molecule has 106 valence electrons. The molecular weight excluding hydrogens is 260 g/mol. The lowest BCUT2D eigenvalue weighted by Crippen LogP contribution is -2.17. The molecule has 1 aliphatic rings. The second kappa shape index (κ2) is 5.77. The van der Waals surface area contributed by atoms with Crippen LogP contribution in [0.5, 0.6) is 11.5 Å². The maximum absolute atomic E-state index is 11.9. The summed E-state index contributed by atoms with van der Waals surface area (Å²) in [5.41, 5.74) is 0.692. The van der Waals surface area contributed by atoms with Crippen LogP contribution >= 0.6 is 0 Å². The van der Waals surface area contributed by atoms with Crippen LogP contribution in [0.25, 0.3) is 6.08 Å². The number of esters is 1. The zero-order valence-corrected chi connectivity index (χ0v) is 11.6. The predicted octanol–water partition coefficient (Wildman–Crippen LogP) is 2.34. The number of hydrogen-bond acceptors (Lipinski definition) is 5. The highest BCUT2D eigenvalue weighted by Gasteiger charge is 2.18. The van der Waals surface area contributed by atoms with E-state index >= 15 is 0 Å².